The molecule has 0 aromatic rings. The maximum Gasteiger partial charge on any atom is 0.242 e. The summed E-state index contributed by atoms with van der Waals surface area (Å²) in [5.41, 5.74) is 5.24. The number of ether oxygens (including phenoxy) is 1. The van der Waals surface area contributed by atoms with E-state index >= 15 is 0 Å². The van der Waals surface area contributed by atoms with Crippen LogP contribution in [0.2, 0.25) is 0 Å². The van der Waals surface area contributed by atoms with Crippen molar-refractivity contribution in [3.8, 4) is 0 Å². The third kappa shape index (κ3) is 2.36. The second-order valence-electron chi connectivity index (χ2n) is 5.12. The van der Waals surface area contributed by atoms with Gasteiger partial charge in [0.15, 0.2) is 0 Å². The van der Waals surface area contributed by atoms with Crippen molar-refractivity contribution in [3.05, 3.63) is 0 Å². The molecule has 0 aromatic carbocycles. The van der Waals surface area contributed by atoms with Gasteiger partial charge >= 0.3 is 0 Å². The van der Waals surface area contributed by atoms with Gasteiger partial charge in [-0.2, -0.15) is 0 Å². The van der Waals surface area contributed by atoms with Crippen LogP contribution < -0.4 is 11.1 Å². The van der Waals surface area contributed by atoms with E-state index in [0.29, 0.717) is 26.2 Å². The largest absolute Gasteiger partial charge is 0.396 e. The van der Waals surface area contributed by atoms with Crippen LogP contribution in [-0.4, -0.2) is 42.9 Å². The summed E-state index contributed by atoms with van der Waals surface area (Å²) in [4.78, 5) is 11.9. The van der Waals surface area contributed by atoms with E-state index in [-0.39, 0.29) is 17.9 Å². The van der Waals surface area contributed by atoms with Gasteiger partial charge in [-0.1, -0.05) is 0 Å². The van der Waals surface area contributed by atoms with Gasteiger partial charge in [0.25, 0.3) is 0 Å². The molecule has 1 saturated carbocycles. The first-order chi connectivity index (χ1) is 7.60. The molecule has 5 heteroatoms. The van der Waals surface area contributed by atoms with Crippen LogP contribution in [0.1, 0.15) is 25.7 Å². The lowest BCUT2D eigenvalue weighted by atomic mass is 9.97. The fourth-order valence-electron chi connectivity index (χ4n) is 2.13. The average Bonchev–Trinajstić information content (AvgIpc) is 2.88. The number of aliphatic hydroxyl groups excluding tert-OH is 1. The predicted molar refractivity (Wildman–Crippen MR) is 58.7 cm³/mol. The summed E-state index contributed by atoms with van der Waals surface area (Å²) >= 11 is 0. The van der Waals surface area contributed by atoms with Crippen LogP contribution in [0.5, 0.6) is 0 Å². The molecular weight excluding hydrogens is 208 g/mol. The SMILES string of the molecule is NC1(C(=O)NCC2(CCO)CC2)CCOC1. The van der Waals surface area contributed by atoms with E-state index in [9.17, 15) is 4.79 Å². The minimum Gasteiger partial charge on any atom is -0.396 e. The van der Waals surface area contributed by atoms with E-state index in [4.69, 9.17) is 15.6 Å². The molecule has 1 heterocycles. The van der Waals surface area contributed by atoms with Crippen LogP contribution >= 0.6 is 0 Å². The highest BCUT2D eigenvalue weighted by Crippen LogP contribution is 2.47. The van der Waals surface area contributed by atoms with Crippen molar-refractivity contribution in [2.45, 2.75) is 31.2 Å². The molecule has 0 bridgehead atoms. The van der Waals surface area contributed by atoms with Crippen LogP contribution in [0.25, 0.3) is 0 Å². The van der Waals surface area contributed by atoms with Gasteiger partial charge in [-0.25, -0.2) is 0 Å². The summed E-state index contributed by atoms with van der Waals surface area (Å²) in [7, 11) is 0. The normalized spacial score (nSPS) is 31.4. The van der Waals surface area contributed by atoms with Crippen LogP contribution in [0.4, 0.5) is 0 Å². The first-order valence-electron chi connectivity index (χ1n) is 5.86. The Labute approximate surface area is 95.3 Å². The average molecular weight is 228 g/mol. The quantitative estimate of drug-likeness (QED) is 0.585. The Balaban J connectivity index is 1.79. The van der Waals surface area contributed by atoms with Gasteiger partial charge in [0.05, 0.1) is 6.61 Å². The second kappa shape index (κ2) is 4.31. The number of carbonyl (C=O) groups is 1. The fourth-order valence-corrected chi connectivity index (χ4v) is 2.13. The van der Waals surface area contributed by atoms with Crippen molar-refractivity contribution in [1.29, 1.82) is 0 Å². The molecule has 2 rings (SSSR count). The van der Waals surface area contributed by atoms with Gasteiger partial charge in [-0.15, -0.1) is 0 Å². The van der Waals surface area contributed by atoms with Crippen molar-refractivity contribution in [2.75, 3.05) is 26.4 Å². The van der Waals surface area contributed by atoms with Crippen molar-refractivity contribution in [2.24, 2.45) is 11.1 Å². The monoisotopic (exact) mass is 228 g/mol. The minimum atomic E-state index is -0.838. The molecule has 1 aliphatic heterocycles. The smallest absolute Gasteiger partial charge is 0.242 e. The molecule has 1 unspecified atom stereocenters. The van der Waals surface area contributed by atoms with Gasteiger partial charge in [-0.05, 0) is 31.1 Å². The number of aliphatic hydroxyl groups is 1. The zero-order chi connectivity index (χ0) is 11.6. The molecule has 5 nitrogen and oxygen atoms in total. The number of hydrogen-bond donors (Lipinski definition) is 3. The zero-order valence-electron chi connectivity index (χ0n) is 9.50. The Morgan fingerprint density at radius 2 is 2.19 bits per heavy atom. The van der Waals surface area contributed by atoms with Gasteiger partial charge in [-0.3, -0.25) is 4.79 Å². The molecule has 1 aliphatic carbocycles. The lowest BCUT2D eigenvalue weighted by molar-refractivity contribution is -0.126. The third-order valence-corrected chi connectivity index (χ3v) is 3.73. The summed E-state index contributed by atoms with van der Waals surface area (Å²) in [5.74, 6) is -0.116. The molecule has 1 saturated heterocycles. The summed E-state index contributed by atoms with van der Waals surface area (Å²) in [6, 6.07) is 0. The molecule has 0 radical (unpaired) electrons. The van der Waals surface area contributed by atoms with Crippen LogP contribution in [0.3, 0.4) is 0 Å². The predicted octanol–water partition coefficient (Wildman–Crippen LogP) is -0.617. The van der Waals surface area contributed by atoms with E-state index in [2.05, 4.69) is 5.32 Å². The van der Waals surface area contributed by atoms with Gasteiger partial charge in [0.2, 0.25) is 5.91 Å². The molecule has 0 aromatic heterocycles. The highest BCUT2D eigenvalue weighted by molar-refractivity contribution is 5.86. The van der Waals surface area contributed by atoms with E-state index in [0.717, 1.165) is 19.3 Å². The number of carbonyl (C=O) groups excluding carboxylic acids is 1. The van der Waals surface area contributed by atoms with E-state index in [1.54, 1.807) is 0 Å². The van der Waals surface area contributed by atoms with E-state index in [1.165, 1.54) is 0 Å². The molecule has 4 N–H and O–H groups in total. The molecule has 2 aliphatic rings. The van der Waals surface area contributed by atoms with Crippen molar-refractivity contribution < 1.29 is 14.6 Å². The molecule has 1 atom stereocenters. The Kier molecular flexibility index (Phi) is 3.19. The summed E-state index contributed by atoms with van der Waals surface area (Å²) in [6.45, 7) is 1.69. The van der Waals surface area contributed by atoms with Crippen molar-refractivity contribution in [1.82, 2.24) is 5.32 Å². The molecule has 1 amide bonds. The number of nitrogens with one attached hydrogen (secondary N) is 1. The van der Waals surface area contributed by atoms with Crippen molar-refractivity contribution >= 4 is 5.91 Å². The Morgan fingerprint density at radius 3 is 2.69 bits per heavy atom. The Hall–Kier alpha value is -0.650. The summed E-state index contributed by atoms with van der Waals surface area (Å²) < 4.78 is 5.15. The molecular formula is C11H20N2O3. The van der Waals surface area contributed by atoms with E-state index < -0.39 is 5.54 Å². The van der Waals surface area contributed by atoms with Crippen LogP contribution in [-0.2, 0) is 9.53 Å². The summed E-state index contributed by atoms with van der Waals surface area (Å²) in [5, 5.41) is 11.8. The molecule has 0 spiro atoms. The number of rotatable bonds is 5. The van der Waals surface area contributed by atoms with Gasteiger partial charge < -0.3 is 20.9 Å². The molecule has 16 heavy (non-hydrogen) atoms. The van der Waals surface area contributed by atoms with Crippen LogP contribution in [0.15, 0.2) is 0 Å². The lowest BCUT2D eigenvalue weighted by Crippen LogP contribution is -2.55. The van der Waals surface area contributed by atoms with Gasteiger partial charge in [0, 0.05) is 19.8 Å². The molecule has 2 fully saturated rings. The minimum absolute atomic E-state index is 0.116. The number of hydrogen-bond acceptors (Lipinski definition) is 4. The molecule has 92 valence electrons. The Bertz CT molecular complexity index is 270. The highest BCUT2D eigenvalue weighted by atomic mass is 16.5. The number of nitrogens with two attached hydrogens (primary N) is 1. The number of amides is 1. The first-order valence-corrected chi connectivity index (χ1v) is 5.86. The first kappa shape index (κ1) is 11.8. The highest BCUT2D eigenvalue weighted by Gasteiger charge is 2.44. The zero-order valence-corrected chi connectivity index (χ0v) is 9.50. The standard InChI is InChI=1S/C11H20N2O3/c12-11(4-6-16-8-11)9(15)13-7-10(1-2-10)3-5-14/h14H,1-8,12H2,(H,13,15). The van der Waals surface area contributed by atoms with Gasteiger partial charge in [0.1, 0.15) is 5.54 Å². The Morgan fingerprint density at radius 1 is 1.44 bits per heavy atom. The summed E-state index contributed by atoms with van der Waals surface area (Å²) in [6.07, 6.45) is 3.52. The lowest BCUT2D eigenvalue weighted by Gasteiger charge is -2.23. The third-order valence-electron chi connectivity index (χ3n) is 3.73. The second-order valence-corrected chi connectivity index (χ2v) is 5.12. The topological polar surface area (TPSA) is 84.6 Å². The maximum atomic E-state index is 11.9. The van der Waals surface area contributed by atoms with Crippen molar-refractivity contribution in [3.63, 3.8) is 0 Å². The van der Waals surface area contributed by atoms with Crippen LogP contribution in [0, 0.1) is 5.41 Å². The fraction of sp³-hybridized carbons (Fsp3) is 0.909. The maximum absolute atomic E-state index is 11.9. The van der Waals surface area contributed by atoms with E-state index in [1.807, 2.05) is 0 Å².